The zero-order chi connectivity index (χ0) is 13.1. The van der Waals surface area contributed by atoms with Crippen LogP contribution in [0.4, 0.5) is 0 Å². The van der Waals surface area contributed by atoms with E-state index in [0.29, 0.717) is 11.8 Å². The molecule has 0 aromatic rings. The van der Waals surface area contributed by atoms with Crippen LogP contribution < -0.4 is 5.32 Å². The van der Waals surface area contributed by atoms with Crippen molar-refractivity contribution < 1.29 is 8.42 Å². The molecule has 102 valence electrons. The molecule has 1 aliphatic rings. The van der Waals surface area contributed by atoms with Gasteiger partial charge in [0.15, 0.2) is 0 Å². The van der Waals surface area contributed by atoms with Crippen LogP contribution in [-0.4, -0.2) is 56.5 Å². The molecule has 0 spiro atoms. The Morgan fingerprint density at radius 1 is 1.41 bits per heavy atom. The van der Waals surface area contributed by atoms with Crippen LogP contribution in [0.5, 0.6) is 0 Å². The number of nitrogens with one attached hydrogen (secondary N) is 1. The van der Waals surface area contributed by atoms with Gasteiger partial charge in [-0.1, -0.05) is 0 Å². The highest BCUT2D eigenvalue weighted by molar-refractivity contribution is 7.90. The van der Waals surface area contributed by atoms with Gasteiger partial charge in [0, 0.05) is 24.4 Å². The normalized spacial score (nSPS) is 26.7. The second kappa shape index (κ2) is 5.67. The van der Waals surface area contributed by atoms with Crippen molar-refractivity contribution in [3.8, 4) is 0 Å². The lowest BCUT2D eigenvalue weighted by molar-refractivity contribution is 0.182. The molecule has 0 radical (unpaired) electrons. The summed E-state index contributed by atoms with van der Waals surface area (Å²) in [6, 6.07) is 0.531. The van der Waals surface area contributed by atoms with Crippen molar-refractivity contribution in [2.45, 2.75) is 45.2 Å². The Morgan fingerprint density at radius 2 is 2.06 bits per heavy atom. The summed E-state index contributed by atoms with van der Waals surface area (Å²) in [5.74, 6) is 0.296. The number of hydrogen-bond donors (Lipinski definition) is 1. The predicted molar refractivity (Wildman–Crippen MR) is 72.1 cm³/mol. The molecule has 0 aliphatic carbocycles. The standard InChI is InChI=1S/C12H26N2O2S/c1-11-6-7-13-12(2,3)10-14(11)8-5-9-17(4,15)16/h11,13H,5-10H2,1-4H3. The van der Waals surface area contributed by atoms with Gasteiger partial charge in [-0.3, -0.25) is 4.90 Å². The molecule has 17 heavy (non-hydrogen) atoms. The molecule has 1 heterocycles. The Hall–Kier alpha value is -0.130. The van der Waals surface area contributed by atoms with Gasteiger partial charge in [0.25, 0.3) is 0 Å². The van der Waals surface area contributed by atoms with Crippen molar-refractivity contribution >= 4 is 9.84 Å². The van der Waals surface area contributed by atoms with Crippen LogP contribution in [0.3, 0.4) is 0 Å². The lowest BCUT2D eigenvalue weighted by Gasteiger charge is -2.32. The molecule has 1 aliphatic heterocycles. The third kappa shape index (κ3) is 5.84. The highest BCUT2D eigenvalue weighted by Gasteiger charge is 2.27. The molecule has 0 aromatic carbocycles. The van der Waals surface area contributed by atoms with Crippen LogP contribution in [0.15, 0.2) is 0 Å². The Labute approximate surface area is 106 Å². The van der Waals surface area contributed by atoms with Crippen molar-refractivity contribution in [1.29, 1.82) is 0 Å². The molecule has 1 rings (SSSR count). The molecule has 1 N–H and O–H groups in total. The molecule has 0 bridgehead atoms. The third-order valence-corrected chi connectivity index (χ3v) is 4.38. The first kappa shape index (κ1) is 14.9. The molecule has 0 aromatic heterocycles. The van der Waals surface area contributed by atoms with Gasteiger partial charge in [0.05, 0.1) is 5.75 Å². The molecule has 5 heteroatoms. The maximum Gasteiger partial charge on any atom is 0.147 e. The van der Waals surface area contributed by atoms with Crippen LogP contribution in [0, 0.1) is 0 Å². The smallest absolute Gasteiger partial charge is 0.147 e. The average Bonchev–Trinajstić information content (AvgIpc) is 2.24. The number of hydrogen-bond acceptors (Lipinski definition) is 4. The minimum Gasteiger partial charge on any atom is -0.310 e. The topological polar surface area (TPSA) is 49.4 Å². The lowest BCUT2D eigenvalue weighted by Crippen LogP contribution is -2.47. The summed E-state index contributed by atoms with van der Waals surface area (Å²) < 4.78 is 22.2. The van der Waals surface area contributed by atoms with Gasteiger partial charge < -0.3 is 5.32 Å². The van der Waals surface area contributed by atoms with Crippen molar-refractivity contribution in [2.75, 3.05) is 31.6 Å². The Morgan fingerprint density at radius 3 is 2.65 bits per heavy atom. The fourth-order valence-corrected chi connectivity index (χ4v) is 3.00. The maximum absolute atomic E-state index is 11.1. The maximum atomic E-state index is 11.1. The van der Waals surface area contributed by atoms with Crippen molar-refractivity contribution in [3.63, 3.8) is 0 Å². The van der Waals surface area contributed by atoms with Crippen LogP contribution in [0.25, 0.3) is 0 Å². The highest BCUT2D eigenvalue weighted by Crippen LogP contribution is 2.15. The summed E-state index contributed by atoms with van der Waals surface area (Å²) in [4.78, 5) is 2.41. The second-order valence-corrected chi connectivity index (χ2v) is 8.16. The summed E-state index contributed by atoms with van der Waals surface area (Å²) in [6.45, 7) is 9.53. The Balaban J connectivity index is 2.49. The molecule has 1 fully saturated rings. The van der Waals surface area contributed by atoms with Gasteiger partial charge in [-0.2, -0.15) is 0 Å². The second-order valence-electron chi connectivity index (χ2n) is 5.90. The Bertz CT molecular complexity index is 338. The first-order chi connectivity index (χ1) is 7.70. The van der Waals surface area contributed by atoms with Crippen LogP contribution in [0.1, 0.15) is 33.6 Å². The summed E-state index contributed by atoms with van der Waals surface area (Å²) in [7, 11) is -2.82. The van der Waals surface area contributed by atoms with E-state index in [9.17, 15) is 8.42 Å². The third-order valence-electron chi connectivity index (χ3n) is 3.35. The number of nitrogens with zero attached hydrogens (tertiary/aromatic N) is 1. The Kier molecular flexibility index (Phi) is 4.98. The quantitative estimate of drug-likeness (QED) is 0.817. The van der Waals surface area contributed by atoms with Crippen LogP contribution in [0.2, 0.25) is 0 Å². The minimum absolute atomic E-state index is 0.121. The fraction of sp³-hybridized carbons (Fsp3) is 1.00. The summed E-state index contributed by atoms with van der Waals surface area (Å²) in [5, 5.41) is 3.53. The van der Waals surface area contributed by atoms with Crippen LogP contribution in [-0.2, 0) is 9.84 Å². The van der Waals surface area contributed by atoms with E-state index in [0.717, 1.165) is 32.5 Å². The largest absolute Gasteiger partial charge is 0.310 e. The molecule has 4 nitrogen and oxygen atoms in total. The lowest BCUT2D eigenvalue weighted by atomic mass is 10.1. The first-order valence-corrected chi connectivity index (χ1v) is 8.42. The first-order valence-electron chi connectivity index (χ1n) is 6.36. The van der Waals surface area contributed by atoms with Crippen molar-refractivity contribution in [3.05, 3.63) is 0 Å². The molecule has 0 amide bonds. The number of rotatable bonds is 4. The van der Waals surface area contributed by atoms with E-state index in [4.69, 9.17) is 0 Å². The highest BCUT2D eigenvalue weighted by atomic mass is 32.2. The van der Waals surface area contributed by atoms with Crippen molar-refractivity contribution in [1.82, 2.24) is 10.2 Å². The minimum atomic E-state index is -2.82. The molecule has 0 saturated carbocycles. The summed E-state index contributed by atoms with van der Waals surface area (Å²) >= 11 is 0. The summed E-state index contributed by atoms with van der Waals surface area (Å²) in [6.07, 6.45) is 3.17. The van der Waals surface area contributed by atoms with E-state index in [1.165, 1.54) is 6.26 Å². The average molecular weight is 262 g/mol. The predicted octanol–water partition coefficient (Wildman–Crippen LogP) is 0.884. The van der Waals surface area contributed by atoms with Crippen molar-refractivity contribution in [2.24, 2.45) is 0 Å². The zero-order valence-corrected chi connectivity index (χ0v) is 12.3. The number of sulfone groups is 1. The summed E-state index contributed by atoms with van der Waals surface area (Å²) in [5.41, 5.74) is 0.121. The van der Waals surface area contributed by atoms with Gasteiger partial charge >= 0.3 is 0 Å². The fourth-order valence-electron chi connectivity index (χ4n) is 2.35. The van der Waals surface area contributed by atoms with E-state index < -0.39 is 9.84 Å². The monoisotopic (exact) mass is 262 g/mol. The van der Waals surface area contributed by atoms with Gasteiger partial charge in [-0.15, -0.1) is 0 Å². The van der Waals surface area contributed by atoms with Gasteiger partial charge in [-0.05, 0) is 46.7 Å². The molecule has 1 unspecified atom stereocenters. The van der Waals surface area contributed by atoms with E-state index in [1.54, 1.807) is 0 Å². The van der Waals surface area contributed by atoms with E-state index >= 15 is 0 Å². The van der Waals surface area contributed by atoms with E-state index in [2.05, 4.69) is 31.0 Å². The van der Waals surface area contributed by atoms with Gasteiger partial charge in [-0.25, -0.2) is 8.42 Å². The van der Waals surface area contributed by atoms with Gasteiger partial charge in [0.2, 0.25) is 0 Å². The van der Waals surface area contributed by atoms with Crippen LogP contribution >= 0.6 is 0 Å². The molecular formula is C12H26N2O2S. The zero-order valence-electron chi connectivity index (χ0n) is 11.5. The van der Waals surface area contributed by atoms with E-state index in [-0.39, 0.29) is 5.54 Å². The molecular weight excluding hydrogens is 236 g/mol. The van der Waals surface area contributed by atoms with E-state index in [1.807, 2.05) is 0 Å². The van der Waals surface area contributed by atoms with Gasteiger partial charge in [0.1, 0.15) is 9.84 Å². The SMILES string of the molecule is CC1CCNC(C)(C)CN1CCCS(C)(=O)=O. The molecule has 1 saturated heterocycles. The molecule has 1 atom stereocenters.